The second-order valence-corrected chi connectivity index (χ2v) is 8.34. The van der Waals surface area contributed by atoms with E-state index >= 15 is 0 Å². The van der Waals surface area contributed by atoms with E-state index in [2.05, 4.69) is 4.74 Å². The Balaban J connectivity index is 2.17. The monoisotopic (exact) mass is 431 g/mol. The molecule has 6 nitrogen and oxygen atoms in total. The predicted molar refractivity (Wildman–Crippen MR) is 103 cm³/mol. The van der Waals surface area contributed by atoms with Crippen molar-refractivity contribution >= 4 is 12.1 Å². The van der Waals surface area contributed by atoms with Gasteiger partial charge in [-0.1, -0.05) is 12.1 Å². The topological polar surface area (TPSA) is 65.1 Å². The summed E-state index contributed by atoms with van der Waals surface area (Å²) in [6.45, 7) is 7.76. The smallest absolute Gasteiger partial charge is 0.466 e. The first-order valence-corrected chi connectivity index (χ1v) is 9.83. The molecule has 168 valence electrons. The molecule has 0 N–H and O–H groups in total. The van der Waals surface area contributed by atoms with Gasteiger partial charge in [-0.15, -0.1) is 13.2 Å². The van der Waals surface area contributed by atoms with Crippen LogP contribution in [0.15, 0.2) is 24.3 Å². The molecule has 1 amide bonds. The minimum atomic E-state index is -4.80. The molecule has 9 heteroatoms. The van der Waals surface area contributed by atoms with Gasteiger partial charge in [0.15, 0.2) is 0 Å². The number of piperidine rings is 1. The molecule has 0 radical (unpaired) electrons. The molecule has 0 aromatic heterocycles. The first-order valence-electron chi connectivity index (χ1n) is 9.83. The van der Waals surface area contributed by atoms with Gasteiger partial charge in [-0.2, -0.15) is 0 Å². The molecule has 1 aliphatic rings. The molecule has 1 aliphatic heterocycles. The summed E-state index contributed by atoms with van der Waals surface area (Å²) < 4.78 is 52.2. The maximum Gasteiger partial charge on any atom is 0.573 e. The predicted octanol–water partition coefficient (Wildman–Crippen LogP) is 4.71. The SMILES string of the molecule is CCOC(=O)C1(Cc2cccc(OC(F)(F)F)c2)CCN(C(=O)OC(C)(C)C)CC1. The standard InChI is InChI=1S/C21H28F3NO5/c1-5-28-17(26)20(9-11-25(12-10-20)18(27)30-19(2,3)4)14-15-7-6-8-16(13-15)29-21(22,23)24/h6-8,13H,5,9-12,14H2,1-4H3. The number of alkyl halides is 3. The highest BCUT2D eigenvalue weighted by atomic mass is 19.4. The van der Waals surface area contributed by atoms with E-state index in [1.165, 1.54) is 23.1 Å². The molecule has 0 spiro atoms. The van der Waals surface area contributed by atoms with Gasteiger partial charge in [-0.3, -0.25) is 4.79 Å². The number of carbonyl (C=O) groups is 2. The first kappa shape index (κ1) is 23.8. The van der Waals surface area contributed by atoms with Crippen molar-refractivity contribution in [3.8, 4) is 5.75 Å². The lowest BCUT2D eigenvalue weighted by Crippen LogP contribution is -2.49. The van der Waals surface area contributed by atoms with E-state index in [-0.39, 0.29) is 31.9 Å². The maximum absolute atomic E-state index is 12.8. The Morgan fingerprint density at radius 1 is 1.13 bits per heavy atom. The quantitative estimate of drug-likeness (QED) is 0.632. The van der Waals surface area contributed by atoms with Crippen molar-refractivity contribution in [3.05, 3.63) is 29.8 Å². The van der Waals surface area contributed by atoms with Crippen LogP contribution in [0.1, 0.15) is 46.1 Å². The minimum absolute atomic E-state index is 0.184. The van der Waals surface area contributed by atoms with Gasteiger partial charge in [0.25, 0.3) is 0 Å². The number of rotatable bonds is 5. The van der Waals surface area contributed by atoms with E-state index in [1.54, 1.807) is 33.8 Å². The van der Waals surface area contributed by atoms with Crippen molar-refractivity contribution in [2.75, 3.05) is 19.7 Å². The number of benzene rings is 1. The van der Waals surface area contributed by atoms with Crippen molar-refractivity contribution in [2.45, 2.75) is 58.9 Å². The number of esters is 1. The van der Waals surface area contributed by atoms with Crippen LogP contribution in [0.5, 0.6) is 5.75 Å². The Kier molecular flexibility index (Phi) is 7.26. The number of carbonyl (C=O) groups excluding carboxylic acids is 2. The zero-order valence-corrected chi connectivity index (χ0v) is 17.7. The largest absolute Gasteiger partial charge is 0.573 e. The van der Waals surface area contributed by atoms with Crippen LogP contribution in [0.25, 0.3) is 0 Å². The van der Waals surface area contributed by atoms with Gasteiger partial charge in [-0.05, 0) is 64.7 Å². The number of halogens is 3. The van der Waals surface area contributed by atoms with Crippen LogP contribution in [0.2, 0.25) is 0 Å². The Labute approximate surface area is 174 Å². The molecular formula is C21H28F3NO5. The van der Waals surface area contributed by atoms with Crippen molar-refractivity contribution in [1.82, 2.24) is 4.90 Å². The van der Waals surface area contributed by atoms with Crippen molar-refractivity contribution in [3.63, 3.8) is 0 Å². The van der Waals surface area contributed by atoms with Crippen LogP contribution >= 0.6 is 0 Å². The molecule has 1 saturated heterocycles. The highest BCUT2D eigenvalue weighted by Gasteiger charge is 2.44. The second-order valence-electron chi connectivity index (χ2n) is 8.34. The fraction of sp³-hybridized carbons (Fsp3) is 0.619. The molecule has 0 aliphatic carbocycles. The average Bonchev–Trinajstić information content (AvgIpc) is 2.60. The molecule has 1 aromatic carbocycles. The van der Waals surface area contributed by atoms with Gasteiger partial charge < -0.3 is 19.1 Å². The molecular weight excluding hydrogens is 403 g/mol. The Morgan fingerprint density at radius 3 is 2.30 bits per heavy atom. The van der Waals surface area contributed by atoms with Crippen LogP contribution in [0, 0.1) is 5.41 Å². The molecule has 2 rings (SSSR count). The number of hydrogen-bond donors (Lipinski definition) is 0. The van der Waals surface area contributed by atoms with E-state index in [1.807, 2.05) is 0 Å². The van der Waals surface area contributed by atoms with Crippen LogP contribution in [-0.4, -0.2) is 48.6 Å². The third kappa shape index (κ3) is 6.81. The summed E-state index contributed by atoms with van der Waals surface area (Å²) in [5.41, 5.74) is -1.05. The first-order chi connectivity index (χ1) is 13.8. The number of hydrogen-bond acceptors (Lipinski definition) is 5. The van der Waals surface area contributed by atoms with Gasteiger partial charge in [0, 0.05) is 13.1 Å². The fourth-order valence-corrected chi connectivity index (χ4v) is 3.42. The van der Waals surface area contributed by atoms with Crippen molar-refractivity contribution in [1.29, 1.82) is 0 Å². The Bertz CT molecular complexity index is 750. The minimum Gasteiger partial charge on any atom is -0.466 e. The third-order valence-electron chi connectivity index (χ3n) is 4.76. The summed E-state index contributed by atoms with van der Waals surface area (Å²) in [6, 6.07) is 5.57. The summed E-state index contributed by atoms with van der Waals surface area (Å²) in [5, 5.41) is 0. The third-order valence-corrected chi connectivity index (χ3v) is 4.76. The lowest BCUT2D eigenvalue weighted by atomic mass is 9.73. The normalized spacial score (nSPS) is 16.7. The molecule has 0 unspecified atom stereocenters. The average molecular weight is 431 g/mol. The van der Waals surface area contributed by atoms with E-state index in [0.29, 0.717) is 18.4 Å². The van der Waals surface area contributed by atoms with Crippen LogP contribution < -0.4 is 4.74 Å². The molecule has 0 saturated carbocycles. The lowest BCUT2D eigenvalue weighted by Gasteiger charge is -2.40. The molecule has 0 atom stereocenters. The lowest BCUT2D eigenvalue weighted by molar-refractivity contribution is -0.274. The Hall–Kier alpha value is -2.45. The van der Waals surface area contributed by atoms with Gasteiger partial charge in [-0.25, -0.2) is 4.79 Å². The number of likely N-dealkylation sites (tertiary alicyclic amines) is 1. The summed E-state index contributed by atoms with van der Waals surface area (Å²) in [6.07, 6.45) is -4.44. The van der Waals surface area contributed by atoms with Gasteiger partial charge in [0.1, 0.15) is 11.4 Å². The number of ether oxygens (including phenoxy) is 3. The van der Waals surface area contributed by atoms with E-state index in [0.717, 1.165) is 0 Å². The van der Waals surface area contributed by atoms with Gasteiger partial charge in [0.05, 0.1) is 12.0 Å². The summed E-state index contributed by atoms with van der Waals surface area (Å²) >= 11 is 0. The van der Waals surface area contributed by atoms with Crippen molar-refractivity contribution in [2.24, 2.45) is 5.41 Å². The highest BCUT2D eigenvalue weighted by Crippen LogP contribution is 2.38. The fourth-order valence-electron chi connectivity index (χ4n) is 3.42. The van der Waals surface area contributed by atoms with Gasteiger partial charge in [0.2, 0.25) is 0 Å². The zero-order valence-electron chi connectivity index (χ0n) is 17.7. The maximum atomic E-state index is 12.8. The highest BCUT2D eigenvalue weighted by molar-refractivity contribution is 5.78. The Morgan fingerprint density at radius 2 is 1.77 bits per heavy atom. The van der Waals surface area contributed by atoms with Crippen LogP contribution in [0.3, 0.4) is 0 Å². The summed E-state index contributed by atoms with van der Waals surface area (Å²) in [5.74, 6) is -0.763. The zero-order chi connectivity index (χ0) is 22.6. The van der Waals surface area contributed by atoms with Crippen molar-refractivity contribution < 1.29 is 37.0 Å². The molecule has 0 bridgehead atoms. The van der Waals surface area contributed by atoms with E-state index in [4.69, 9.17) is 9.47 Å². The molecule has 1 aromatic rings. The van der Waals surface area contributed by atoms with E-state index in [9.17, 15) is 22.8 Å². The van der Waals surface area contributed by atoms with Crippen LogP contribution in [0.4, 0.5) is 18.0 Å². The molecule has 1 heterocycles. The number of amides is 1. The molecule has 1 fully saturated rings. The number of nitrogens with zero attached hydrogens (tertiary/aromatic N) is 1. The van der Waals surface area contributed by atoms with Crippen LogP contribution in [-0.2, 0) is 20.7 Å². The second kappa shape index (κ2) is 9.14. The summed E-state index contributed by atoms with van der Waals surface area (Å²) in [4.78, 5) is 26.6. The summed E-state index contributed by atoms with van der Waals surface area (Å²) in [7, 11) is 0. The van der Waals surface area contributed by atoms with E-state index < -0.39 is 29.4 Å². The van der Waals surface area contributed by atoms with Gasteiger partial charge >= 0.3 is 18.4 Å². The molecule has 30 heavy (non-hydrogen) atoms.